The van der Waals surface area contributed by atoms with Crippen LogP contribution in [0.15, 0.2) is 0 Å². The van der Waals surface area contributed by atoms with Gasteiger partial charge in [0.15, 0.2) is 0 Å². The third kappa shape index (κ3) is 3.58. The van der Waals surface area contributed by atoms with Crippen molar-refractivity contribution in [2.24, 2.45) is 0 Å². The summed E-state index contributed by atoms with van der Waals surface area (Å²) < 4.78 is 0. The lowest BCUT2D eigenvalue weighted by Crippen LogP contribution is -2.08. The predicted octanol–water partition coefficient (Wildman–Crippen LogP) is 4.27. The van der Waals surface area contributed by atoms with Crippen molar-refractivity contribution in [3.63, 3.8) is 0 Å². The molecule has 2 fully saturated rings. The van der Waals surface area contributed by atoms with E-state index in [2.05, 4.69) is 25.1 Å². The average molecular weight is 262 g/mol. The van der Waals surface area contributed by atoms with Gasteiger partial charge in [-0.1, -0.05) is 0 Å². The van der Waals surface area contributed by atoms with Crippen LogP contribution in [-0.4, -0.2) is 48.5 Å². The van der Waals surface area contributed by atoms with Crippen LogP contribution in [0.2, 0.25) is 0 Å². The Balaban J connectivity index is 1.62. The van der Waals surface area contributed by atoms with Crippen LogP contribution in [0.3, 0.4) is 0 Å². The Hall–Kier alpha value is 1.21. The van der Waals surface area contributed by atoms with Gasteiger partial charge in [-0.2, -0.15) is 11.8 Å². The van der Waals surface area contributed by atoms with Gasteiger partial charge in [0.2, 0.25) is 0 Å². The van der Waals surface area contributed by atoms with E-state index in [1.54, 1.807) is 25.2 Å². The summed E-state index contributed by atoms with van der Waals surface area (Å²) in [6.45, 7) is 5.05. The van der Waals surface area contributed by atoms with Gasteiger partial charge < -0.3 is 0 Å². The van der Waals surface area contributed by atoms with Gasteiger partial charge in [0.05, 0.1) is 0 Å². The van der Waals surface area contributed by atoms with Crippen LogP contribution < -0.4 is 0 Å². The summed E-state index contributed by atoms with van der Waals surface area (Å²) in [5, 5.41) is 0. The zero-order valence-electron chi connectivity index (χ0n) is 10.1. The molecule has 2 rings (SSSR count). The third-order valence-corrected chi connectivity index (χ3v) is 11.2. The Labute approximate surface area is 102 Å². The van der Waals surface area contributed by atoms with Crippen LogP contribution in [-0.2, 0) is 0 Å². The number of thioether (sulfide) groups is 1. The molecule has 0 radical (unpaired) electrons. The van der Waals surface area contributed by atoms with Crippen LogP contribution in [0, 0.1) is 0 Å². The van der Waals surface area contributed by atoms with Gasteiger partial charge in [0, 0.05) is 11.5 Å². The van der Waals surface area contributed by atoms with E-state index in [-0.39, 0.29) is 0 Å². The molecule has 0 N–H and O–H groups in total. The second-order valence-electron chi connectivity index (χ2n) is 5.09. The molecule has 4 atom stereocenters. The van der Waals surface area contributed by atoms with Crippen molar-refractivity contribution in [3.05, 3.63) is 0 Å². The standard InChI is InChI=1S/C12H24P2S/c1-13-7-3-5-11(13)9-15-10-12-6-4-8-14(12)2/h11-12H,3-10H2,1-2H3/t11-,12-,13+,14+/m1/s1. The largest absolute Gasteiger partial charge is 0.161 e. The molecule has 0 spiro atoms. The highest BCUT2D eigenvalue weighted by Crippen LogP contribution is 2.50. The lowest BCUT2D eigenvalue weighted by Gasteiger charge is -2.19. The molecule has 15 heavy (non-hydrogen) atoms. The van der Waals surface area contributed by atoms with Crippen molar-refractivity contribution in [1.29, 1.82) is 0 Å². The normalized spacial score (nSPS) is 41.2. The molecule has 0 saturated carbocycles. The first-order valence-electron chi connectivity index (χ1n) is 6.25. The third-order valence-electron chi connectivity index (χ3n) is 3.96. The van der Waals surface area contributed by atoms with E-state index in [4.69, 9.17) is 0 Å². The maximum atomic E-state index is 2.52. The minimum Gasteiger partial charge on any atom is -0.161 e. The summed E-state index contributed by atoms with van der Waals surface area (Å²) in [7, 11) is 0.842. The van der Waals surface area contributed by atoms with E-state index in [0.717, 1.165) is 11.3 Å². The maximum absolute atomic E-state index is 2.52. The highest BCUT2D eigenvalue weighted by Gasteiger charge is 2.25. The van der Waals surface area contributed by atoms with Crippen LogP contribution >= 0.6 is 27.6 Å². The lowest BCUT2D eigenvalue weighted by atomic mass is 10.3. The van der Waals surface area contributed by atoms with Crippen LogP contribution in [0.5, 0.6) is 0 Å². The zero-order chi connectivity index (χ0) is 10.7. The molecule has 0 aromatic heterocycles. The minimum absolute atomic E-state index is 0.421. The molecule has 0 aromatic carbocycles. The first kappa shape index (κ1) is 12.7. The molecule has 0 nitrogen and oxygen atoms in total. The van der Waals surface area contributed by atoms with Crippen molar-refractivity contribution in [2.45, 2.75) is 37.0 Å². The lowest BCUT2D eigenvalue weighted by molar-refractivity contribution is 0.832. The topological polar surface area (TPSA) is 0 Å². The van der Waals surface area contributed by atoms with Gasteiger partial charge in [-0.25, -0.2) is 0 Å². The average Bonchev–Trinajstić information content (AvgIpc) is 2.78. The first-order valence-corrected chi connectivity index (χ1v) is 11.5. The summed E-state index contributed by atoms with van der Waals surface area (Å²) in [4.78, 5) is 0. The highest BCUT2D eigenvalue weighted by atomic mass is 32.2. The van der Waals surface area contributed by atoms with Crippen molar-refractivity contribution in [3.8, 4) is 0 Å². The molecule has 0 aliphatic carbocycles. The molecule has 3 heteroatoms. The molecule has 2 heterocycles. The minimum atomic E-state index is 0.421. The molecule has 2 aliphatic heterocycles. The molecule has 0 amide bonds. The first-order chi connectivity index (χ1) is 7.27. The smallest absolute Gasteiger partial charge is 0.0000442 e. The number of hydrogen-bond donors (Lipinski definition) is 0. The molecule has 0 unspecified atom stereocenters. The van der Waals surface area contributed by atoms with Crippen molar-refractivity contribution >= 4 is 27.6 Å². The fourth-order valence-electron chi connectivity index (χ4n) is 2.72. The Morgan fingerprint density at radius 2 is 1.40 bits per heavy atom. The van der Waals surface area contributed by atoms with Gasteiger partial charge in [-0.05, 0) is 62.7 Å². The van der Waals surface area contributed by atoms with Gasteiger partial charge in [-0.3, -0.25) is 0 Å². The van der Waals surface area contributed by atoms with Crippen LogP contribution in [0.1, 0.15) is 25.7 Å². The van der Waals surface area contributed by atoms with Crippen LogP contribution in [0.25, 0.3) is 0 Å². The molecule has 0 aromatic rings. The molecule has 88 valence electrons. The van der Waals surface area contributed by atoms with Crippen molar-refractivity contribution in [1.82, 2.24) is 0 Å². The summed E-state index contributed by atoms with van der Waals surface area (Å²) in [6, 6.07) is 0. The molecular weight excluding hydrogens is 238 g/mol. The SMILES string of the molecule is C[P@@]1CCC[C@@H]1CSC[C@H]1CCC[P@]1C. The second-order valence-corrected chi connectivity index (χ2v) is 11.5. The van der Waals surface area contributed by atoms with Gasteiger partial charge in [0.1, 0.15) is 0 Å². The maximum Gasteiger partial charge on any atom is 0.0000442 e. The molecule has 2 saturated heterocycles. The van der Waals surface area contributed by atoms with E-state index >= 15 is 0 Å². The van der Waals surface area contributed by atoms with Gasteiger partial charge in [0.25, 0.3) is 0 Å². The Kier molecular flexibility index (Phi) is 5.26. The zero-order valence-corrected chi connectivity index (χ0v) is 12.7. The van der Waals surface area contributed by atoms with E-state index in [1.807, 2.05) is 0 Å². The van der Waals surface area contributed by atoms with Crippen molar-refractivity contribution in [2.75, 3.05) is 37.2 Å². The Bertz CT molecular complexity index is 178. The van der Waals surface area contributed by atoms with E-state index in [0.29, 0.717) is 15.8 Å². The summed E-state index contributed by atoms with van der Waals surface area (Å²) in [6.07, 6.45) is 9.26. The number of rotatable bonds is 4. The van der Waals surface area contributed by atoms with Gasteiger partial charge in [-0.15, -0.1) is 15.8 Å². The molecule has 2 aliphatic rings. The van der Waals surface area contributed by atoms with E-state index < -0.39 is 0 Å². The Morgan fingerprint density at radius 3 is 1.73 bits per heavy atom. The number of hydrogen-bond acceptors (Lipinski definition) is 1. The van der Waals surface area contributed by atoms with Gasteiger partial charge >= 0.3 is 0 Å². The summed E-state index contributed by atoms with van der Waals surface area (Å²) in [5.41, 5.74) is 2.24. The van der Waals surface area contributed by atoms with Crippen molar-refractivity contribution < 1.29 is 0 Å². The Morgan fingerprint density at radius 1 is 0.933 bits per heavy atom. The van der Waals surface area contributed by atoms with E-state index in [9.17, 15) is 0 Å². The second kappa shape index (κ2) is 6.23. The van der Waals surface area contributed by atoms with Crippen LogP contribution in [0.4, 0.5) is 0 Å². The summed E-state index contributed by atoms with van der Waals surface area (Å²) >= 11 is 2.29. The predicted molar refractivity (Wildman–Crippen MR) is 78.8 cm³/mol. The molecular formula is C12H24P2S. The fraction of sp³-hybridized carbons (Fsp3) is 1.00. The fourth-order valence-corrected chi connectivity index (χ4v) is 9.74. The quantitative estimate of drug-likeness (QED) is 0.682. The monoisotopic (exact) mass is 262 g/mol. The van der Waals surface area contributed by atoms with E-state index in [1.165, 1.54) is 24.3 Å². The molecule has 0 bridgehead atoms. The highest BCUT2D eigenvalue weighted by molar-refractivity contribution is 8.00. The summed E-state index contributed by atoms with van der Waals surface area (Å²) in [5.74, 6) is 2.98.